The van der Waals surface area contributed by atoms with Crippen LogP contribution in [0.25, 0.3) is 0 Å². The number of rotatable bonds is 8. The minimum absolute atomic E-state index is 0.180. The standard InChI is InChI=1S/C25H32BrClN2O3/c1-16(2)19-9-12-22(21(26)13-19)32-15-23(30)29(14-18-7-10-20(27)11-8-18)17(3)24(31)28-25(4,5)6/h7-13,16-17H,14-15H2,1-6H3,(H,28,31)/t17-/m0/s1. The normalized spacial score (nSPS) is 12.4. The van der Waals surface area contributed by atoms with Gasteiger partial charge in [-0.15, -0.1) is 0 Å². The van der Waals surface area contributed by atoms with Gasteiger partial charge in [0.1, 0.15) is 11.8 Å². The van der Waals surface area contributed by atoms with Crippen molar-refractivity contribution >= 4 is 39.3 Å². The SMILES string of the molecule is CC(C)c1ccc(OCC(=O)N(Cc2ccc(Cl)cc2)[C@@H](C)C(=O)NC(C)(C)C)c(Br)c1. The van der Waals surface area contributed by atoms with Crippen LogP contribution in [0.5, 0.6) is 5.75 Å². The number of carbonyl (C=O) groups is 2. The highest BCUT2D eigenvalue weighted by Gasteiger charge is 2.28. The molecule has 0 unspecified atom stereocenters. The number of benzene rings is 2. The number of carbonyl (C=O) groups excluding carboxylic acids is 2. The van der Waals surface area contributed by atoms with Gasteiger partial charge in [0.25, 0.3) is 5.91 Å². The van der Waals surface area contributed by atoms with Gasteiger partial charge >= 0.3 is 0 Å². The molecule has 2 amide bonds. The molecule has 0 aliphatic carbocycles. The van der Waals surface area contributed by atoms with E-state index in [1.807, 2.05) is 51.1 Å². The summed E-state index contributed by atoms with van der Waals surface area (Å²) in [5.74, 6) is 0.471. The smallest absolute Gasteiger partial charge is 0.261 e. The van der Waals surface area contributed by atoms with Gasteiger partial charge in [-0.05, 0) is 84.9 Å². The van der Waals surface area contributed by atoms with Crippen molar-refractivity contribution in [1.82, 2.24) is 10.2 Å². The molecule has 0 saturated heterocycles. The maximum atomic E-state index is 13.2. The number of amides is 2. The number of nitrogens with zero attached hydrogens (tertiary/aromatic N) is 1. The van der Waals surface area contributed by atoms with Gasteiger partial charge in [-0.25, -0.2) is 0 Å². The highest BCUT2D eigenvalue weighted by molar-refractivity contribution is 9.10. The van der Waals surface area contributed by atoms with Crippen molar-refractivity contribution in [2.24, 2.45) is 0 Å². The Bertz CT molecular complexity index is 939. The Hall–Kier alpha value is -2.05. The van der Waals surface area contributed by atoms with Gasteiger partial charge in [-0.3, -0.25) is 9.59 Å². The molecule has 32 heavy (non-hydrogen) atoms. The fourth-order valence-electron chi connectivity index (χ4n) is 3.06. The second kappa shape index (κ2) is 11.2. The van der Waals surface area contributed by atoms with E-state index in [-0.39, 0.29) is 25.0 Å². The summed E-state index contributed by atoms with van der Waals surface area (Å²) >= 11 is 9.51. The Labute approximate surface area is 204 Å². The van der Waals surface area contributed by atoms with E-state index < -0.39 is 11.6 Å². The molecule has 0 radical (unpaired) electrons. The third kappa shape index (κ3) is 7.82. The van der Waals surface area contributed by atoms with Gasteiger partial charge in [0.2, 0.25) is 5.91 Å². The summed E-state index contributed by atoms with van der Waals surface area (Å²) in [5, 5.41) is 3.56. The largest absolute Gasteiger partial charge is 0.483 e. The fraction of sp³-hybridized carbons (Fsp3) is 0.440. The molecule has 0 heterocycles. The van der Waals surface area contributed by atoms with Crippen LogP contribution in [-0.4, -0.2) is 34.9 Å². The lowest BCUT2D eigenvalue weighted by molar-refractivity contribution is -0.142. The molecule has 2 aromatic carbocycles. The molecule has 0 aliphatic heterocycles. The second-order valence-electron chi connectivity index (χ2n) is 9.20. The van der Waals surface area contributed by atoms with Crippen molar-refractivity contribution in [2.45, 2.75) is 65.6 Å². The maximum absolute atomic E-state index is 13.2. The van der Waals surface area contributed by atoms with E-state index in [0.29, 0.717) is 16.7 Å². The number of hydrogen-bond acceptors (Lipinski definition) is 3. The zero-order valence-electron chi connectivity index (χ0n) is 19.5. The molecule has 2 rings (SSSR count). The first-order chi connectivity index (χ1) is 14.9. The van der Waals surface area contributed by atoms with Crippen LogP contribution in [-0.2, 0) is 16.1 Å². The number of halogens is 2. The summed E-state index contributed by atoms with van der Waals surface area (Å²) < 4.78 is 6.60. The van der Waals surface area contributed by atoms with Crippen LogP contribution in [0, 0.1) is 0 Å². The summed E-state index contributed by atoms with van der Waals surface area (Å²) in [7, 11) is 0. The zero-order valence-corrected chi connectivity index (χ0v) is 21.9. The first-order valence-electron chi connectivity index (χ1n) is 10.7. The minimum Gasteiger partial charge on any atom is -0.483 e. The van der Waals surface area contributed by atoms with Gasteiger partial charge in [-0.2, -0.15) is 0 Å². The third-order valence-electron chi connectivity index (χ3n) is 4.91. The monoisotopic (exact) mass is 522 g/mol. The van der Waals surface area contributed by atoms with Crippen LogP contribution in [0.4, 0.5) is 0 Å². The summed E-state index contributed by atoms with van der Waals surface area (Å²) in [4.78, 5) is 27.5. The van der Waals surface area contributed by atoms with E-state index in [1.165, 1.54) is 10.5 Å². The predicted octanol–water partition coefficient (Wildman–Crippen LogP) is 5.94. The molecular formula is C25H32BrClN2O3. The van der Waals surface area contributed by atoms with Crippen molar-refractivity contribution < 1.29 is 14.3 Å². The van der Waals surface area contributed by atoms with Gasteiger partial charge < -0.3 is 15.0 Å². The van der Waals surface area contributed by atoms with E-state index in [0.717, 1.165) is 10.0 Å². The Kier molecular flexibility index (Phi) is 9.17. The first-order valence-corrected chi connectivity index (χ1v) is 11.8. The average Bonchev–Trinajstić information content (AvgIpc) is 2.70. The molecule has 0 saturated carbocycles. The van der Waals surface area contributed by atoms with Gasteiger partial charge in [-0.1, -0.05) is 43.6 Å². The molecule has 0 bridgehead atoms. The number of nitrogens with one attached hydrogen (secondary N) is 1. The summed E-state index contributed by atoms with van der Waals surface area (Å²) in [6, 6.07) is 12.4. The lowest BCUT2D eigenvalue weighted by Crippen LogP contribution is -2.53. The quantitative estimate of drug-likeness (QED) is 0.466. The zero-order chi connectivity index (χ0) is 24.1. The van der Waals surface area contributed by atoms with Crippen LogP contribution in [0.3, 0.4) is 0 Å². The van der Waals surface area contributed by atoms with Gasteiger partial charge in [0.05, 0.1) is 4.47 Å². The summed E-state index contributed by atoms with van der Waals surface area (Å²) in [6.07, 6.45) is 0. The highest BCUT2D eigenvalue weighted by Crippen LogP contribution is 2.29. The van der Waals surface area contributed by atoms with Crippen molar-refractivity contribution in [3.05, 3.63) is 63.1 Å². The molecule has 0 aromatic heterocycles. The second-order valence-corrected chi connectivity index (χ2v) is 10.5. The predicted molar refractivity (Wildman–Crippen MR) is 133 cm³/mol. The van der Waals surface area contributed by atoms with Crippen molar-refractivity contribution in [2.75, 3.05) is 6.61 Å². The fourth-order valence-corrected chi connectivity index (χ4v) is 3.70. The average molecular weight is 524 g/mol. The van der Waals surface area contributed by atoms with E-state index in [4.69, 9.17) is 16.3 Å². The molecule has 1 N–H and O–H groups in total. The molecule has 1 atom stereocenters. The number of hydrogen-bond donors (Lipinski definition) is 1. The van der Waals surface area contributed by atoms with E-state index >= 15 is 0 Å². The van der Waals surface area contributed by atoms with Crippen molar-refractivity contribution in [1.29, 1.82) is 0 Å². The Morgan fingerprint density at radius 2 is 1.72 bits per heavy atom. The molecule has 0 aliphatic rings. The van der Waals surface area contributed by atoms with Crippen LogP contribution >= 0.6 is 27.5 Å². The minimum atomic E-state index is -0.673. The van der Waals surface area contributed by atoms with E-state index in [9.17, 15) is 9.59 Å². The molecule has 5 nitrogen and oxygen atoms in total. The van der Waals surface area contributed by atoms with Crippen molar-refractivity contribution in [3.8, 4) is 5.75 Å². The molecular weight excluding hydrogens is 492 g/mol. The van der Waals surface area contributed by atoms with Crippen LogP contribution in [0.2, 0.25) is 5.02 Å². The molecule has 174 valence electrons. The Morgan fingerprint density at radius 3 is 2.25 bits per heavy atom. The summed E-state index contributed by atoms with van der Waals surface area (Å²) in [5.41, 5.74) is 1.65. The maximum Gasteiger partial charge on any atom is 0.261 e. The lowest BCUT2D eigenvalue weighted by Gasteiger charge is -2.31. The van der Waals surface area contributed by atoms with Crippen LogP contribution in [0.15, 0.2) is 46.9 Å². The Morgan fingerprint density at radius 1 is 1.09 bits per heavy atom. The van der Waals surface area contributed by atoms with Crippen molar-refractivity contribution in [3.63, 3.8) is 0 Å². The van der Waals surface area contributed by atoms with E-state index in [1.54, 1.807) is 19.1 Å². The van der Waals surface area contributed by atoms with Crippen LogP contribution < -0.4 is 10.1 Å². The number of ether oxygens (including phenoxy) is 1. The van der Waals surface area contributed by atoms with Crippen LogP contribution in [0.1, 0.15) is 58.6 Å². The molecule has 0 spiro atoms. The third-order valence-corrected chi connectivity index (χ3v) is 5.78. The summed E-state index contributed by atoms with van der Waals surface area (Å²) in [6.45, 7) is 11.8. The topological polar surface area (TPSA) is 58.6 Å². The van der Waals surface area contributed by atoms with Gasteiger partial charge in [0.15, 0.2) is 6.61 Å². The Balaban J connectivity index is 2.19. The molecule has 2 aromatic rings. The molecule has 7 heteroatoms. The molecule has 0 fully saturated rings. The lowest BCUT2D eigenvalue weighted by atomic mass is 10.0. The van der Waals surface area contributed by atoms with Gasteiger partial charge in [0, 0.05) is 17.1 Å². The first kappa shape index (κ1) is 26.2. The highest BCUT2D eigenvalue weighted by atomic mass is 79.9. The van der Waals surface area contributed by atoms with E-state index in [2.05, 4.69) is 35.1 Å².